The van der Waals surface area contributed by atoms with Crippen molar-refractivity contribution in [2.75, 3.05) is 32.4 Å². The van der Waals surface area contributed by atoms with E-state index < -0.39 is 0 Å². The largest absolute Gasteiger partial charge is 0.399 e. The molecule has 1 saturated heterocycles. The van der Waals surface area contributed by atoms with Crippen LogP contribution in [-0.2, 0) is 4.79 Å². The van der Waals surface area contributed by atoms with Crippen molar-refractivity contribution in [3.63, 3.8) is 0 Å². The van der Waals surface area contributed by atoms with E-state index in [2.05, 4.69) is 17.9 Å². The van der Waals surface area contributed by atoms with E-state index in [1.807, 2.05) is 25.2 Å². The fraction of sp³-hybridized carbons (Fsp3) is 0.462. The van der Waals surface area contributed by atoms with Crippen LogP contribution < -0.4 is 5.73 Å². The summed E-state index contributed by atoms with van der Waals surface area (Å²) in [6.07, 6.45) is 0. The summed E-state index contributed by atoms with van der Waals surface area (Å²) in [4.78, 5) is 15.6. The normalized spacial score (nSPS) is 19.4. The maximum Gasteiger partial charge on any atom is 0.236 e. The van der Waals surface area contributed by atoms with Crippen LogP contribution >= 0.6 is 0 Å². The molecule has 2 rings (SSSR count). The van der Waals surface area contributed by atoms with Gasteiger partial charge >= 0.3 is 0 Å². The first-order chi connectivity index (χ1) is 8.08. The molecule has 0 saturated carbocycles. The van der Waals surface area contributed by atoms with Crippen molar-refractivity contribution in [1.82, 2.24) is 9.80 Å². The number of likely N-dealkylation sites (N-methyl/N-ethyl adjacent to an activating group) is 1. The minimum atomic E-state index is 0.187. The van der Waals surface area contributed by atoms with Crippen LogP contribution in [0.5, 0.6) is 0 Å². The van der Waals surface area contributed by atoms with E-state index in [0.717, 1.165) is 18.8 Å². The van der Waals surface area contributed by atoms with E-state index in [4.69, 9.17) is 5.73 Å². The molecule has 0 aliphatic carbocycles. The summed E-state index contributed by atoms with van der Waals surface area (Å²) in [5.41, 5.74) is 7.72. The van der Waals surface area contributed by atoms with Gasteiger partial charge in [0, 0.05) is 31.9 Å². The van der Waals surface area contributed by atoms with E-state index in [-0.39, 0.29) is 11.9 Å². The third kappa shape index (κ3) is 2.58. The number of nitrogens with two attached hydrogens (primary N) is 1. The average Bonchev–Trinajstić information content (AvgIpc) is 2.32. The third-order valence-corrected chi connectivity index (χ3v) is 3.43. The lowest BCUT2D eigenvalue weighted by molar-refractivity contribution is -0.135. The van der Waals surface area contributed by atoms with E-state index in [9.17, 15) is 4.79 Å². The topological polar surface area (TPSA) is 49.6 Å². The summed E-state index contributed by atoms with van der Waals surface area (Å²) in [6.45, 7) is 4.32. The molecule has 1 atom stereocenters. The van der Waals surface area contributed by atoms with Crippen LogP contribution in [0.3, 0.4) is 0 Å². The summed E-state index contributed by atoms with van der Waals surface area (Å²) in [5, 5.41) is 0. The van der Waals surface area contributed by atoms with Crippen molar-refractivity contribution < 1.29 is 4.79 Å². The van der Waals surface area contributed by atoms with Crippen molar-refractivity contribution in [2.45, 2.75) is 13.0 Å². The fourth-order valence-corrected chi connectivity index (χ4v) is 2.14. The highest BCUT2D eigenvalue weighted by atomic mass is 16.2. The molecule has 4 heteroatoms. The summed E-state index contributed by atoms with van der Waals surface area (Å²) >= 11 is 0. The number of carbonyl (C=O) groups is 1. The van der Waals surface area contributed by atoms with E-state index in [1.54, 1.807) is 4.90 Å². The SMILES string of the molecule is CC(c1cccc(N)c1)N1CCN(C)C(=O)C1. The van der Waals surface area contributed by atoms with E-state index in [1.165, 1.54) is 5.56 Å². The molecule has 0 bridgehead atoms. The number of anilines is 1. The van der Waals surface area contributed by atoms with Gasteiger partial charge in [0.05, 0.1) is 6.54 Å². The van der Waals surface area contributed by atoms with Crippen molar-refractivity contribution in [1.29, 1.82) is 0 Å². The molecule has 1 aliphatic rings. The quantitative estimate of drug-likeness (QED) is 0.778. The molecule has 92 valence electrons. The Morgan fingerprint density at radius 1 is 1.35 bits per heavy atom. The molecule has 0 spiro atoms. The molecule has 1 aromatic rings. The molecule has 1 heterocycles. The van der Waals surface area contributed by atoms with Gasteiger partial charge in [0.1, 0.15) is 0 Å². The molecule has 1 aliphatic heterocycles. The minimum absolute atomic E-state index is 0.187. The Kier molecular flexibility index (Phi) is 3.33. The number of hydrogen-bond acceptors (Lipinski definition) is 3. The van der Waals surface area contributed by atoms with Gasteiger partial charge in [0.25, 0.3) is 0 Å². The van der Waals surface area contributed by atoms with E-state index in [0.29, 0.717) is 6.54 Å². The fourth-order valence-electron chi connectivity index (χ4n) is 2.14. The number of hydrogen-bond donors (Lipinski definition) is 1. The predicted octanol–water partition coefficient (Wildman–Crippen LogP) is 1.10. The lowest BCUT2D eigenvalue weighted by Crippen LogP contribution is -2.49. The van der Waals surface area contributed by atoms with Gasteiger partial charge in [-0.05, 0) is 24.6 Å². The zero-order valence-electron chi connectivity index (χ0n) is 10.4. The highest BCUT2D eigenvalue weighted by Crippen LogP contribution is 2.23. The maximum atomic E-state index is 11.7. The van der Waals surface area contributed by atoms with Gasteiger partial charge < -0.3 is 10.6 Å². The molecule has 17 heavy (non-hydrogen) atoms. The summed E-state index contributed by atoms with van der Waals surface area (Å²) in [6, 6.07) is 8.11. The van der Waals surface area contributed by atoms with Gasteiger partial charge in [0.2, 0.25) is 5.91 Å². The molecule has 1 aromatic carbocycles. The van der Waals surface area contributed by atoms with Crippen molar-refractivity contribution in [3.05, 3.63) is 29.8 Å². The first kappa shape index (κ1) is 11.9. The maximum absolute atomic E-state index is 11.7. The standard InChI is InChI=1S/C13H19N3O/c1-10(11-4-3-5-12(14)8-11)16-7-6-15(2)13(17)9-16/h3-5,8,10H,6-7,9,14H2,1-2H3. The molecule has 0 radical (unpaired) electrons. The van der Waals surface area contributed by atoms with Gasteiger partial charge in [-0.25, -0.2) is 0 Å². The Hall–Kier alpha value is -1.55. The second kappa shape index (κ2) is 4.75. The number of nitrogens with zero attached hydrogens (tertiary/aromatic N) is 2. The molecule has 2 N–H and O–H groups in total. The Morgan fingerprint density at radius 3 is 2.76 bits per heavy atom. The zero-order valence-corrected chi connectivity index (χ0v) is 10.4. The van der Waals surface area contributed by atoms with Gasteiger partial charge in [-0.1, -0.05) is 12.1 Å². The third-order valence-electron chi connectivity index (χ3n) is 3.43. The second-order valence-corrected chi connectivity index (χ2v) is 4.63. The summed E-state index contributed by atoms with van der Waals surface area (Å²) < 4.78 is 0. The average molecular weight is 233 g/mol. The summed E-state index contributed by atoms with van der Waals surface area (Å²) in [7, 11) is 1.85. The smallest absolute Gasteiger partial charge is 0.236 e. The first-order valence-electron chi connectivity index (χ1n) is 5.91. The predicted molar refractivity (Wildman–Crippen MR) is 68.5 cm³/mol. The number of nitrogen functional groups attached to an aromatic ring is 1. The molecule has 4 nitrogen and oxygen atoms in total. The van der Waals surface area contributed by atoms with Crippen molar-refractivity contribution >= 4 is 11.6 Å². The molecule has 1 unspecified atom stereocenters. The minimum Gasteiger partial charge on any atom is -0.399 e. The molecular weight excluding hydrogens is 214 g/mol. The lowest BCUT2D eigenvalue weighted by atomic mass is 10.1. The van der Waals surface area contributed by atoms with Crippen LogP contribution in [0.15, 0.2) is 24.3 Å². The Bertz CT molecular complexity index is 419. The number of amides is 1. The lowest BCUT2D eigenvalue weighted by Gasteiger charge is -2.36. The molecule has 0 aromatic heterocycles. The number of benzene rings is 1. The Balaban J connectivity index is 2.10. The molecular formula is C13H19N3O. The van der Waals surface area contributed by atoms with Crippen molar-refractivity contribution in [2.24, 2.45) is 0 Å². The van der Waals surface area contributed by atoms with Crippen LogP contribution in [0, 0.1) is 0 Å². The van der Waals surface area contributed by atoms with Crippen LogP contribution in [-0.4, -0.2) is 42.4 Å². The highest BCUT2D eigenvalue weighted by Gasteiger charge is 2.25. The van der Waals surface area contributed by atoms with Gasteiger partial charge in [-0.3, -0.25) is 9.69 Å². The Labute approximate surface area is 102 Å². The van der Waals surface area contributed by atoms with Crippen LogP contribution in [0.25, 0.3) is 0 Å². The van der Waals surface area contributed by atoms with Crippen LogP contribution in [0.2, 0.25) is 0 Å². The van der Waals surface area contributed by atoms with Crippen LogP contribution in [0.1, 0.15) is 18.5 Å². The van der Waals surface area contributed by atoms with Gasteiger partial charge in [-0.2, -0.15) is 0 Å². The molecule has 1 fully saturated rings. The monoisotopic (exact) mass is 233 g/mol. The van der Waals surface area contributed by atoms with Crippen LogP contribution in [0.4, 0.5) is 5.69 Å². The van der Waals surface area contributed by atoms with Gasteiger partial charge in [0.15, 0.2) is 0 Å². The van der Waals surface area contributed by atoms with E-state index >= 15 is 0 Å². The molecule has 1 amide bonds. The Morgan fingerprint density at radius 2 is 2.12 bits per heavy atom. The number of rotatable bonds is 2. The second-order valence-electron chi connectivity index (χ2n) is 4.63. The van der Waals surface area contributed by atoms with Crippen molar-refractivity contribution in [3.8, 4) is 0 Å². The number of piperazine rings is 1. The highest BCUT2D eigenvalue weighted by molar-refractivity contribution is 5.78. The number of carbonyl (C=O) groups excluding carboxylic acids is 1. The zero-order chi connectivity index (χ0) is 12.4. The van der Waals surface area contributed by atoms with Gasteiger partial charge in [-0.15, -0.1) is 0 Å². The summed E-state index contributed by atoms with van der Waals surface area (Å²) in [5.74, 6) is 0.187. The first-order valence-corrected chi connectivity index (χ1v) is 5.91.